The van der Waals surface area contributed by atoms with Crippen molar-refractivity contribution in [2.45, 2.75) is 19.2 Å². The summed E-state index contributed by atoms with van der Waals surface area (Å²) in [7, 11) is 1.03. The Morgan fingerprint density at radius 1 is 1.41 bits per heavy atom. The third-order valence-corrected chi connectivity index (χ3v) is 1.96. The van der Waals surface area contributed by atoms with Crippen molar-refractivity contribution in [2.24, 2.45) is 0 Å². The zero-order chi connectivity index (χ0) is 13.2. The highest BCUT2D eigenvalue weighted by molar-refractivity contribution is 5.36. The Labute approximate surface area is 92.8 Å². The minimum atomic E-state index is -5.01. The number of pyridine rings is 1. The fraction of sp³-hybridized carbons (Fsp3) is 0.444. The maximum Gasteiger partial charge on any atom is 0.433 e. The molecule has 8 heteroatoms. The van der Waals surface area contributed by atoms with E-state index in [0.29, 0.717) is 6.07 Å². The van der Waals surface area contributed by atoms with Gasteiger partial charge in [-0.3, -0.25) is 0 Å². The van der Waals surface area contributed by atoms with Crippen molar-refractivity contribution in [3.05, 3.63) is 22.9 Å². The van der Waals surface area contributed by atoms with E-state index in [2.05, 4.69) is 9.72 Å². The molecule has 1 N–H and O–H groups in total. The molecule has 3 nitrogen and oxygen atoms in total. The largest absolute Gasteiger partial charge is 0.481 e. The van der Waals surface area contributed by atoms with Crippen LogP contribution in [-0.4, -0.2) is 17.2 Å². The number of aliphatic hydroxyl groups is 1. The van der Waals surface area contributed by atoms with Crippen LogP contribution in [0.25, 0.3) is 0 Å². The molecule has 1 aromatic rings. The molecule has 0 spiro atoms. The molecule has 0 atom stereocenters. The summed E-state index contributed by atoms with van der Waals surface area (Å²) in [5.74, 6) is -0.524. The van der Waals surface area contributed by atoms with Gasteiger partial charge in [0.05, 0.1) is 13.7 Å². The molecule has 0 saturated carbocycles. The summed E-state index contributed by atoms with van der Waals surface area (Å²) >= 11 is 0. The van der Waals surface area contributed by atoms with Crippen LogP contribution < -0.4 is 4.74 Å². The van der Waals surface area contributed by atoms with Crippen LogP contribution in [0.4, 0.5) is 22.0 Å². The average Bonchev–Trinajstić information content (AvgIpc) is 2.25. The highest BCUT2D eigenvalue weighted by Gasteiger charge is 2.38. The van der Waals surface area contributed by atoms with E-state index in [1.165, 1.54) is 0 Å². The second-order valence-corrected chi connectivity index (χ2v) is 3.05. The normalized spacial score (nSPS) is 12.0. The molecular formula is C9H8F5NO2. The van der Waals surface area contributed by atoms with Gasteiger partial charge in [-0.1, -0.05) is 0 Å². The lowest BCUT2D eigenvalue weighted by atomic mass is 10.1. The Balaban J connectivity index is 3.46. The van der Waals surface area contributed by atoms with Gasteiger partial charge in [-0.25, -0.2) is 13.8 Å². The van der Waals surface area contributed by atoms with E-state index in [1.807, 2.05) is 0 Å². The lowest BCUT2D eigenvalue weighted by Gasteiger charge is -2.14. The summed E-state index contributed by atoms with van der Waals surface area (Å²) in [4.78, 5) is 2.97. The highest BCUT2D eigenvalue weighted by Crippen LogP contribution is 2.37. The second kappa shape index (κ2) is 4.82. The monoisotopic (exact) mass is 257 g/mol. The van der Waals surface area contributed by atoms with Crippen LogP contribution in [0.1, 0.15) is 23.2 Å². The van der Waals surface area contributed by atoms with Gasteiger partial charge >= 0.3 is 6.18 Å². The molecule has 0 fully saturated rings. The van der Waals surface area contributed by atoms with E-state index < -0.39 is 36.3 Å². The Kier molecular flexibility index (Phi) is 3.87. The van der Waals surface area contributed by atoms with Gasteiger partial charge in [0, 0.05) is 11.1 Å². The van der Waals surface area contributed by atoms with E-state index in [1.54, 1.807) is 0 Å². The number of alkyl halides is 5. The van der Waals surface area contributed by atoms with Crippen LogP contribution in [-0.2, 0) is 12.8 Å². The summed E-state index contributed by atoms with van der Waals surface area (Å²) in [5, 5.41) is 8.80. The van der Waals surface area contributed by atoms with E-state index in [4.69, 9.17) is 5.11 Å². The number of hydrogen-bond donors (Lipinski definition) is 1. The number of aliphatic hydroxyl groups excluding tert-OH is 1. The van der Waals surface area contributed by atoms with Crippen molar-refractivity contribution in [1.82, 2.24) is 4.98 Å². The molecule has 0 unspecified atom stereocenters. The molecule has 0 aliphatic rings. The zero-order valence-corrected chi connectivity index (χ0v) is 8.55. The third-order valence-electron chi connectivity index (χ3n) is 1.96. The predicted molar refractivity (Wildman–Crippen MR) is 46.7 cm³/mol. The van der Waals surface area contributed by atoms with E-state index in [-0.39, 0.29) is 5.56 Å². The first kappa shape index (κ1) is 13.6. The molecule has 96 valence electrons. The molecular weight excluding hydrogens is 249 g/mol. The molecule has 0 aromatic carbocycles. The summed E-state index contributed by atoms with van der Waals surface area (Å²) in [6.07, 6.45) is -8.34. The minimum absolute atomic E-state index is 0.226. The first-order valence-corrected chi connectivity index (χ1v) is 4.35. The fourth-order valence-electron chi connectivity index (χ4n) is 1.24. The molecule has 0 saturated heterocycles. The number of ether oxygens (including phenoxy) is 1. The van der Waals surface area contributed by atoms with E-state index in [9.17, 15) is 22.0 Å². The SMILES string of the molecule is COc1nc(C(F)(F)F)c(C(F)F)cc1CO. The Bertz CT molecular complexity index is 405. The molecule has 0 aliphatic carbocycles. The Hall–Kier alpha value is -1.44. The number of halogens is 5. The van der Waals surface area contributed by atoms with Crippen molar-refractivity contribution < 1.29 is 31.8 Å². The van der Waals surface area contributed by atoms with Crippen LogP contribution >= 0.6 is 0 Å². The summed E-state index contributed by atoms with van der Waals surface area (Å²) in [5.41, 5.74) is -3.21. The fourth-order valence-corrected chi connectivity index (χ4v) is 1.24. The van der Waals surface area contributed by atoms with Crippen molar-refractivity contribution in [3.63, 3.8) is 0 Å². The van der Waals surface area contributed by atoms with Crippen molar-refractivity contribution in [3.8, 4) is 5.88 Å². The average molecular weight is 257 g/mol. The van der Waals surface area contributed by atoms with Gasteiger partial charge in [0.2, 0.25) is 5.88 Å². The van der Waals surface area contributed by atoms with Crippen molar-refractivity contribution >= 4 is 0 Å². The smallest absolute Gasteiger partial charge is 0.433 e. The Morgan fingerprint density at radius 2 is 2.00 bits per heavy atom. The van der Waals surface area contributed by atoms with Gasteiger partial charge in [-0.15, -0.1) is 0 Å². The molecule has 1 heterocycles. The van der Waals surface area contributed by atoms with Crippen LogP contribution in [0.3, 0.4) is 0 Å². The van der Waals surface area contributed by atoms with Gasteiger partial charge in [-0.05, 0) is 6.07 Å². The first-order chi connectivity index (χ1) is 7.81. The van der Waals surface area contributed by atoms with Gasteiger partial charge in [0.1, 0.15) is 0 Å². The van der Waals surface area contributed by atoms with Crippen LogP contribution in [0.2, 0.25) is 0 Å². The van der Waals surface area contributed by atoms with Crippen LogP contribution in [0, 0.1) is 0 Å². The molecule has 0 bridgehead atoms. The summed E-state index contributed by atoms with van der Waals surface area (Å²) in [6.45, 7) is -0.742. The van der Waals surface area contributed by atoms with Crippen molar-refractivity contribution in [2.75, 3.05) is 7.11 Å². The number of rotatable bonds is 3. The number of nitrogens with zero attached hydrogens (tertiary/aromatic N) is 1. The Morgan fingerprint density at radius 3 is 2.35 bits per heavy atom. The maximum atomic E-state index is 12.4. The zero-order valence-electron chi connectivity index (χ0n) is 8.55. The summed E-state index contributed by atoms with van der Waals surface area (Å²) in [6, 6.07) is 0.541. The van der Waals surface area contributed by atoms with Crippen molar-refractivity contribution in [1.29, 1.82) is 0 Å². The topological polar surface area (TPSA) is 42.4 Å². The van der Waals surface area contributed by atoms with Crippen LogP contribution in [0.5, 0.6) is 5.88 Å². The molecule has 0 radical (unpaired) electrons. The number of hydrogen-bond acceptors (Lipinski definition) is 3. The standard InChI is InChI=1S/C9H8F5NO2/c1-17-8-4(3-16)2-5(7(10)11)6(15-8)9(12,13)14/h2,7,16H,3H2,1H3. The molecule has 17 heavy (non-hydrogen) atoms. The molecule has 0 amide bonds. The van der Waals surface area contributed by atoms with Gasteiger partial charge in [-0.2, -0.15) is 13.2 Å². The van der Waals surface area contributed by atoms with Gasteiger partial charge in [0.25, 0.3) is 6.43 Å². The van der Waals surface area contributed by atoms with Crippen LogP contribution in [0.15, 0.2) is 6.07 Å². The molecule has 1 rings (SSSR count). The lowest BCUT2D eigenvalue weighted by Crippen LogP contribution is -2.14. The first-order valence-electron chi connectivity index (χ1n) is 4.35. The lowest BCUT2D eigenvalue weighted by molar-refractivity contribution is -0.143. The van der Waals surface area contributed by atoms with E-state index >= 15 is 0 Å². The number of methoxy groups -OCH3 is 1. The predicted octanol–water partition coefficient (Wildman–Crippen LogP) is 2.54. The minimum Gasteiger partial charge on any atom is -0.481 e. The second-order valence-electron chi connectivity index (χ2n) is 3.05. The quantitative estimate of drug-likeness (QED) is 0.846. The highest BCUT2D eigenvalue weighted by atomic mass is 19.4. The number of aromatic nitrogens is 1. The maximum absolute atomic E-state index is 12.4. The van der Waals surface area contributed by atoms with E-state index in [0.717, 1.165) is 7.11 Å². The third kappa shape index (κ3) is 2.82. The molecule has 0 aliphatic heterocycles. The molecule has 1 aromatic heterocycles. The summed E-state index contributed by atoms with van der Waals surface area (Å²) < 4.78 is 66.7. The van der Waals surface area contributed by atoms with Gasteiger partial charge in [0.15, 0.2) is 5.69 Å². The van der Waals surface area contributed by atoms with Gasteiger partial charge < -0.3 is 9.84 Å².